The fraction of sp³-hybridized carbons (Fsp3) is 0.583. The second kappa shape index (κ2) is 4.29. The topological polar surface area (TPSA) is 51.4 Å². The quantitative estimate of drug-likeness (QED) is 0.782. The van der Waals surface area contributed by atoms with Gasteiger partial charge in [0.15, 0.2) is 5.82 Å². The van der Waals surface area contributed by atoms with E-state index in [2.05, 4.69) is 23.7 Å². The second-order valence-corrected chi connectivity index (χ2v) is 4.57. The Kier molecular flexibility index (Phi) is 3.01. The van der Waals surface area contributed by atoms with E-state index in [9.17, 15) is 0 Å². The number of morpholine rings is 1. The highest BCUT2D eigenvalue weighted by Gasteiger charge is 2.25. The predicted molar refractivity (Wildman–Crippen MR) is 65.6 cm³/mol. The summed E-state index contributed by atoms with van der Waals surface area (Å²) in [5.74, 6) is 0.883. The average molecular weight is 221 g/mol. The summed E-state index contributed by atoms with van der Waals surface area (Å²) in [6, 6.07) is 2.29. The van der Waals surface area contributed by atoms with Crippen LogP contribution in [0.3, 0.4) is 0 Å². The van der Waals surface area contributed by atoms with E-state index < -0.39 is 0 Å². The Balaban J connectivity index is 2.28. The molecule has 2 atom stereocenters. The summed E-state index contributed by atoms with van der Waals surface area (Å²) < 4.78 is 5.60. The first-order valence-electron chi connectivity index (χ1n) is 5.68. The van der Waals surface area contributed by atoms with Crippen molar-refractivity contribution in [3.63, 3.8) is 0 Å². The van der Waals surface area contributed by atoms with Gasteiger partial charge in [-0.25, -0.2) is 4.98 Å². The lowest BCUT2D eigenvalue weighted by Crippen LogP contribution is -2.48. The molecule has 1 saturated heterocycles. The SMILES string of the molecule is Cc1cnc(N2CC(C)OCC2C)c(N)c1. The number of hydrogen-bond donors (Lipinski definition) is 1. The van der Waals surface area contributed by atoms with Crippen LogP contribution in [0.1, 0.15) is 19.4 Å². The normalized spacial score (nSPS) is 25.8. The number of rotatable bonds is 1. The minimum Gasteiger partial charge on any atom is -0.396 e. The molecule has 88 valence electrons. The number of pyridine rings is 1. The molecule has 1 aromatic rings. The van der Waals surface area contributed by atoms with Crippen LogP contribution in [0.15, 0.2) is 12.3 Å². The van der Waals surface area contributed by atoms with Crippen LogP contribution in [0.4, 0.5) is 11.5 Å². The van der Waals surface area contributed by atoms with Crippen LogP contribution in [-0.4, -0.2) is 30.3 Å². The standard InChI is InChI=1S/C12H19N3O/c1-8-4-11(13)12(14-5-8)15-6-10(3)16-7-9(15)2/h4-5,9-10H,6-7,13H2,1-3H3. The van der Waals surface area contributed by atoms with Gasteiger partial charge in [0.2, 0.25) is 0 Å². The Morgan fingerprint density at radius 3 is 2.94 bits per heavy atom. The zero-order valence-corrected chi connectivity index (χ0v) is 10.1. The molecule has 1 aliphatic rings. The number of nitrogen functional groups attached to an aromatic ring is 1. The predicted octanol–water partition coefficient (Wildman–Crippen LogP) is 1.59. The minimum absolute atomic E-state index is 0.235. The molecular formula is C12H19N3O. The number of aryl methyl sites for hydroxylation is 1. The number of nitrogens with two attached hydrogens (primary N) is 1. The fourth-order valence-corrected chi connectivity index (χ4v) is 2.02. The lowest BCUT2D eigenvalue weighted by atomic mass is 10.2. The van der Waals surface area contributed by atoms with Gasteiger partial charge in [-0.2, -0.15) is 0 Å². The number of aromatic nitrogens is 1. The Bertz CT molecular complexity index is 381. The van der Waals surface area contributed by atoms with Crippen molar-refractivity contribution in [2.24, 2.45) is 0 Å². The van der Waals surface area contributed by atoms with Gasteiger partial charge in [-0.3, -0.25) is 0 Å². The van der Waals surface area contributed by atoms with E-state index in [0.29, 0.717) is 6.04 Å². The zero-order chi connectivity index (χ0) is 11.7. The molecule has 2 heterocycles. The Hall–Kier alpha value is -1.29. The highest BCUT2D eigenvalue weighted by molar-refractivity contribution is 5.64. The zero-order valence-electron chi connectivity index (χ0n) is 10.1. The molecular weight excluding hydrogens is 202 g/mol. The molecule has 2 N–H and O–H groups in total. The maximum Gasteiger partial charge on any atom is 0.152 e. The van der Waals surface area contributed by atoms with E-state index in [1.807, 2.05) is 19.2 Å². The summed E-state index contributed by atoms with van der Waals surface area (Å²) in [4.78, 5) is 6.66. The summed E-state index contributed by atoms with van der Waals surface area (Å²) in [6.45, 7) is 7.78. The van der Waals surface area contributed by atoms with Crippen LogP contribution in [-0.2, 0) is 4.74 Å². The van der Waals surface area contributed by atoms with Gasteiger partial charge >= 0.3 is 0 Å². The van der Waals surface area contributed by atoms with Crippen molar-refractivity contribution in [1.82, 2.24) is 4.98 Å². The summed E-state index contributed by atoms with van der Waals surface area (Å²) >= 11 is 0. The first kappa shape index (κ1) is 11.2. The first-order valence-corrected chi connectivity index (χ1v) is 5.68. The van der Waals surface area contributed by atoms with E-state index >= 15 is 0 Å². The van der Waals surface area contributed by atoms with Gasteiger partial charge in [0.05, 0.1) is 24.4 Å². The number of anilines is 2. The molecule has 16 heavy (non-hydrogen) atoms. The van der Waals surface area contributed by atoms with Crippen molar-refractivity contribution < 1.29 is 4.74 Å². The van der Waals surface area contributed by atoms with Crippen LogP contribution in [0, 0.1) is 6.92 Å². The van der Waals surface area contributed by atoms with Crippen molar-refractivity contribution in [1.29, 1.82) is 0 Å². The Morgan fingerprint density at radius 1 is 1.50 bits per heavy atom. The second-order valence-electron chi connectivity index (χ2n) is 4.57. The molecule has 0 bridgehead atoms. The monoisotopic (exact) mass is 221 g/mol. The van der Waals surface area contributed by atoms with Crippen molar-refractivity contribution in [3.05, 3.63) is 17.8 Å². The molecule has 0 aliphatic carbocycles. The lowest BCUT2D eigenvalue weighted by Gasteiger charge is -2.38. The smallest absolute Gasteiger partial charge is 0.152 e. The van der Waals surface area contributed by atoms with Crippen molar-refractivity contribution in [2.75, 3.05) is 23.8 Å². The Morgan fingerprint density at radius 2 is 2.25 bits per heavy atom. The third-order valence-electron chi connectivity index (χ3n) is 2.91. The third kappa shape index (κ3) is 2.11. The van der Waals surface area contributed by atoms with Gasteiger partial charge in [-0.05, 0) is 32.4 Å². The van der Waals surface area contributed by atoms with E-state index in [-0.39, 0.29) is 6.10 Å². The minimum atomic E-state index is 0.235. The molecule has 1 fully saturated rings. The van der Waals surface area contributed by atoms with E-state index in [0.717, 1.165) is 30.2 Å². The molecule has 1 aliphatic heterocycles. The molecule has 0 spiro atoms. The van der Waals surface area contributed by atoms with Crippen LogP contribution < -0.4 is 10.6 Å². The maximum absolute atomic E-state index is 6.01. The molecule has 0 aromatic carbocycles. The van der Waals surface area contributed by atoms with Crippen LogP contribution in [0.5, 0.6) is 0 Å². The molecule has 0 saturated carbocycles. The third-order valence-corrected chi connectivity index (χ3v) is 2.91. The van der Waals surface area contributed by atoms with Gasteiger partial charge in [-0.15, -0.1) is 0 Å². The number of nitrogens with zero attached hydrogens (tertiary/aromatic N) is 2. The summed E-state index contributed by atoms with van der Waals surface area (Å²) in [5.41, 5.74) is 7.86. The Labute approximate surface area is 96.4 Å². The van der Waals surface area contributed by atoms with Gasteiger partial charge in [-0.1, -0.05) is 0 Å². The van der Waals surface area contributed by atoms with Gasteiger partial charge in [0.1, 0.15) is 0 Å². The highest BCUT2D eigenvalue weighted by Crippen LogP contribution is 2.25. The maximum atomic E-state index is 6.01. The summed E-state index contributed by atoms with van der Waals surface area (Å²) in [6.07, 6.45) is 2.09. The molecule has 4 nitrogen and oxygen atoms in total. The molecule has 4 heteroatoms. The molecule has 0 radical (unpaired) electrons. The largest absolute Gasteiger partial charge is 0.396 e. The van der Waals surface area contributed by atoms with Crippen molar-refractivity contribution in [2.45, 2.75) is 32.9 Å². The van der Waals surface area contributed by atoms with Crippen molar-refractivity contribution in [3.8, 4) is 0 Å². The summed E-state index contributed by atoms with van der Waals surface area (Å²) in [7, 11) is 0. The van der Waals surface area contributed by atoms with Gasteiger partial charge < -0.3 is 15.4 Å². The lowest BCUT2D eigenvalue weighted by molar-refractivity contribution is 0.0341. The average Bonchev–Trinajstić information content (AvgIpc) is 2.22. The molecule has 0 amide bonds. The van der Waals surface area contributed by atoms with E-state index in [4.69, 9.17) is 10.5 Å². The number of hydrogen-bond acceptors (Lipinski definition) is 4. The number of ether oxygens (including phenoxy) is 1. The van der Waals surface area contributed by atoms with E-state index in [1.54, 1.807) is 0 Å². The fourth-order valence-electron chi connectivity index (χ4n) is 2.02. The van der Waals surface area contributed by atoms with Crippen LogP contribution >= 0.6 is 0 Å². The first-order chi connectivity index (χ1) is 7.58. The van der Waals surface area contributed by atoms with Crippen molar-refractivity contribution >= 4 is 11.5 Å². The molecule has 2 rings (SSSR count). The van der Waals surface area contributed by atoms with Gasteiger partial charge in [0.25, 0.3) is 0 Å². The highest BCUT2D eigenvalue weighted by atomic mass is 16.5. The van der Waals surface area contributed by atoms with Crippen LogP contribution in [0.2, 0.25) is 0 Å². The summed E-state index contributed by atoms with van der Waals surface area (Å²) in [5, 5.41) is 0. The molecule has 1 aromatic heterocycles. The van der Waals surface area contributed by atoms with E-state index in [1.165, 1.54) is 0 Å². The van der Waals surface area contributed by atoms with Crippen LogP contribution in [0.25, 0.3) is 0 Å². The molecule has 2 unspecified atom stereocenters. The van der Waals surface area contributed by atoms with Gasteiger partial charge in [0, 0.05) is 12.7 Å².